The van der Waals surface area contributed by atoms with Crippen LogP contribution in [0, 0.1) is 5.82 Å². The number of nitrogens with one attached hydrogen (secondary N) is 1. The van der Waals surface area contributed by atoms with Crippen LogP contribution >= 0.6 is 28.3 Å². The first-order chi connectivity index (χ1) is 8.61. The summed E-state index contributed by atoms with van der Waals surface area (Å²) in [5.74, 6) is -0.481. The van der Waals surface area contributed by atoms with E-state index in [2.05, 4.69) is 21.2 Å². The van der Waals surface area contributed by atoms with Gasteiger partial charge in [0, 0.05) is 29.2 Å². The highest BCUT2D eigenvalue weighted by Gasteiger charge is 2.29. The lowest BCUT2D eigenvalue weighted by atomic mass is 10.1. The molecule has 1 N–H and O–H groups in total. The fraction of sp³-hybridized carbons (Fsp3) is 0.462. The predicted molar refractivity (Wildman–Crippen MR) is 79.3 cm³/mol. The van der Waals surface area contributed by atoms with Gasteiger partial charge < -0.3 is 10.2 Å². The molecule has 1 aromatic rings. The van der Waals surface area contributed by atoms with Gasteiger partial charge in [0.1, 0.15) is 5.82 Å². The highest BCUT2D eigenvalue weighted by molar-refractivity contribution is 9.10. The number of likely N-dealkylation sites (tertiary alicyclic amines) is 1. The predicted octanol–water partition coefficient (Wildman–Crippen LogP) is 2.83. The molecule has 0 saturated carbocycles. The molecule has 6 heteroatoms. The largest absolute Gasteiger partial charge is 0.334 e. The van der Waals surface area contributed by atoms with E-state index in [1.807, 2.05) is 11.9 Å². The Balaban J connectivity index is 0.00000180. The highest BCUT2D eigenvalue weighted by Crippen LogP contribution is 2.22. The molecule has 106 valence electrons. The molecule has 1 aromatic carbocycles. The Morgan fingerprint density at radius 2 is 2.26 bits per heavy atom. The van der Waals surface area contributed by atoms with Gasteiger partial charge in [-0.25, -0.2) is 4.39 Å². The average molecular weight is 352 g/mol. The standard InChI is InChI=1S/C13H16BrFN2O.ClH/c1-16-8-12-3-2-4-17(12)13(18)9-5-10(14)7-11(15)6-9;/h5-7,12,16H,2-4,8H2,1H3;1H. The lowest BCUT2D eigenvalue weighted by molar-refractivity contribution is 0.0736. The summed E-state index contributed by atoms with van der Waals surface area (Å²) in [7, 11) is 1.87. The maximum Gasteiger partial charge on any atom is 0.254 e. The summed E-state index contributed by atoms with van der Waals surface area (Å²) < 4.78 is 13.9. The zero-order valence-corrected chi connectivity index (χ0v) is 13.1. The molecule has 0 bridgehead atoms. The van der Waals surface area contributed by atoms with Crippen LogP contribution in [0.4, 0.5) is 4.39 Å². The topological polar surface area (TPSA) is 32.3 Å². The number of nitrogens with zero attached hydrogens (tertiary/aromatic N) is 1. The van der Waals surface area contributed by atoms with Crippen molar-refractivity contribution in [2.75, 3.05) is 20.1 Å². The third-order valence-corrected chi connectivity index (χ3v) is 3.65. The molecular weight excluding hydrogens is 335 g/mol. The van der Waals surface area contributed by atoms with E-state index < -0.39 is 5.82 Å². The number of halogens is 3. The molecule has 0 aliphatic carbocycles. The minimum atomic E-state index is -0.392. The van der Waals surface area contributed by atoms with Crippen molar-refractivity contribution in [1.82, 2.24) is 10.2 Å². The third kappa shape index (κ3) is 3.91. The summed E-state index contributed by atoms with van der Waals surface area (Å²) in [6.45, 7) is 1.53. The van der Waals surface area contributed by atoms with E-state index in [1.54, 1.807) is 6.07 Å². The third-order valence-electron chi connectivity index (χ3n) is 3.19. The molecule has 0 aromatic heterocycles. The number of benzene rings is 1. The first-order valence-corrected chi connectivity index (χ1v) is 6.83. The Morgan fingerprint density at radius 1 is 1.53 bits per heavy atom. The van der Waals surface area contributed by atoms with Crippen molar-refractivity contribution in [2.24, 2.45) is 0 Å². The second-order valence-electron chi connectivity index (χ2n) is 4.51. The Bertz CT molecular complexity index is 438. The smallest absolute Gasteiger partial charge is 0.254 e. The van der Waals surface area contributed by atoms with Gasteiger partial charge in [0.2, 0.25) is 0 Å². The van der Waals surface area contributed by atoms with Crippen molar-refractivity contribution in [3.8, 4) is 0 Å². The van der Waals surface area contributed by atoms with Crippen molar-refractivity contribution < 1.29 is 9.18 Å². The quantitative estimate of drug-likeness (QED) is 0.908. The van der Waals surface area contributed by atoms with Crippen LogP contribution in [-0.4, -0.2) is 37.0 Å². The second kappa shape index (κ2) is 7.22. The number of likely N-dealkylation sites (N-methyl/N-ethyl adjacent to an activating group) is 1. The highest BCUT2D eigenvalue weighted by atomic mass is 79.9. The normalized spacial score (nSPS) is 18.3. The molecule has 1 saturated heterocycles. The maximum atomic E-state index is 13.3. The minimum absolute atomic E-state index is 0. The van der Waals surface area contributed by atoms with Crippen LogP contribution in [0.25, 0.3) is 0 Å². The van der Waals surface area contributed by atoms with Crippen LogP contribution in [-0.2, 0) is 0 Å². The molecule has 1 atom stereocenters. The molecule has 3 nitrogen and oxygen atoms in total. The van der Waals surface area contributed by atoms with E-state index >= 15 is 0 Å². The van der Waals surface area contributed by atoms with E-state index in [4.69, 9.17) is 0 Å². The Labute approximate surface area is 127 Å². The maximum absolute atomic E-state index is 13.3. The number of carbonyl (C=O) groups excluding carboxylic acids is 1. The van der Waals surface area contributed by atoms with Gasteiger partial charge >= 0.3 is 0 Å². The molecule has 19 heavy (non-hydrogen) atoms. The van der Waals surface area contributed by atoms with Gasteiger partial charge in [0.25, 0.3) is 5.91 Å². The monoisotopic (exact) mass is 350 g/mol. The van der Waals surface area contributed by atoms with Gasteiger partial charge in [0.05, 0.1) is 0 Å². The van der Waals surface area contributed by atoms with Crippen molar-refractivity contribution in [2.45, 2.75) is 18.9 Å². The molecular formula is C13H17BrClFN2O. The number of hydrogen-bond acceptors (Lipinski definition) is 2. The number of carbonyl (C=O) groups is 1. The van der Waals surface area contributed by atoms with Crippen molar-refractivity contribution in [3.63, 3.8) is 0 Å². The Hall–Kier alpha value is -0.650. The Morgan fingerprint density at radius 3 is 2.89 bits per heavy atom. The molecule has 1 unspecified atom stereocenters. The summed E-state index contributed by atoms with van der Waals surface area (Å²) in [6.07, 6.45) is 2.01. The summed E-state index contributed by atoms with van der Waals surface area (Å²) >= 11 is 3.21. The van der Waals surface area contributed by atoms with Gasteiger partial charge in [-0.1, -0.05) is 15.9 Å². The van der Waals surface area contributed by atoms with Crippen LogP contribution in [0.2, 0.25) is 0 Å². The average Bonchev–Trinajstić information content (AvgIpc) is 2.75. The summed E-state index contributed by atoms with van der Waals surface area (Å²) in [5.41, 5.74) is 0.407. The van der Waals surface area contributed by atoms with Crippen molar-refractivity contribution >= 4 is 34.2 Å². The number of hydrogen-bond donors (Lipinski definition) is 1. The zero-order chi connectivity index (χ0) is 13.1. The van der Waals surface area contributed by atoms with Crippen LogP contribution in [0.5, 0.6) is 0 Å². The fourth-order valence-electron chi connectivity index (χ4n) is 2.39. The van der Waals surface area contributed by atoms with E-state index in [-0.39, 0.29) is 24.4 Å². The molecule has 1 amide bonds. The van der Waals surface area contributed by atoms with Crippen LogP contribution < -0.4 is 5.32 Å². The van der Waals surface area contributed by atoms with Crippen LogP contribution in [0.15, 0.2) is 22.7 Å². The molecule has 0 radical (unpaired) electrons. The summed E-state index contributed by atoms with van der Waals surface area (Å²) in [5, 5.41) is 3.09. The summed E-state index contributed by atoms with van der Waals surface area (Å²) in [6, 6.07) is 4.53. The van der Waals surface area contributed by atoms with Gasteiger partial charge in [-0.2, -0.15) is 0 Å². The second-order valence-corrected chi connectivity index (χ2v) is 5.43. The van der Waals surface area contributed by atoms with Gasteiger partial charge in [-0.3, -0.25) is 4.79 Å². The summed E-state index contributed by atoms with van der Waals surface area (Å²) in [4.78, 5) is 14.2. The SMILES string of the molecule is CNCC1CCCN1C(=O)c1cc(F)cc(Br)c1.Cl. The van der Waals surface area contributed by atoms with Crippen LogP contribution in [0.3, 0.4) is 0 Å². The van der Waals surface area contributed by atoms with E-state index in [9.17, 15) is 9.18 Å². The van der Waals surface area contributed by atoms with Crippen molar-refractivity contribution in [1.29, 1.82) is 0 Å². The van der Waals surface area contributed by atoms with E-state index in [0.29, 0.717) is 10.0 Å². The van der Waals surface area contributed by atoms with Gasteiger partial charge in [-0.15, -0.1) is 12.4 Å². The first-order valence-electron chi connectivity index (χ1n) is 6.03. The van der Waals surface area contributed by atoms with Gasteiger partial charge in [-0.05, 0) is 38.1 Å². The lowest BCUT2D eigenvalue weighted by Crippen LogP contribution is -2.40. The first kappa shape index (κ1) is 16.4. The van der Waals surface area contributed by atoms with Gasteiger partial charge in [0.15, 0.2) is 0 Å². The molecule has 0 spiro atoms. The number of amides is 1. The molecule has 1 fully saturated rings. The molecule has 1 aliphatic heterocycles. The van der Waals surface area contributed by atoms with Crippen molar-refractivity contribution in [3.05, 3.63) is 34.1 Å². The molecule has 1 heterocycles. The van der Waals surface area contributed by atoms with E-state index in [0.717, 1.165) is 25.9 Å². The Kier molecular flexibility index (Phi) is 6.23. The van der Waals surface area contributed by atoms with Crippen LogP contribution in [0.1, 0.15) is 23.2 Å². The number of rotatable bonds is 3. The minimum Gasteiger partial charge on any atom is -0.334 e. The molecule has 1 aliphatic rings. The van der Waals surface area contributed by atoms with E-state index in [1.165, 1.54) is 12.1 Å². The molecule has 2 rings (SSSR count). The lowest BCUT2D eigenvalue weighted by Gasteiger charge is -2.24. The fourth-order valence-corrected chi connectivity index (χ4v) is 2.86. The zero-order valence-electron chi connectivity index (χ0n) is 10.7.